The lowest BCUT2D eigenvalue weighted by atomic mass is 10.1. The summed E-state index contributed by atoms with van der Waals surface area (Å²) in [4.78, 5) is 40.4. The SMILES string of the molecule is COc1ccccc1C(=O)NCC(=O)OCC(=O)Nc1nc(-c2ccc(C)cc2)cs1. The molecule has 1 aromatic heterocycles. The van der Waals surface area contributed by atoms with Gasteiger partial charge in [-0.2, -0.15) is 0 Å². The van der Waals surface area contributed by atoms with E-state index in [2.05, 4.69) is 15.6 Å². The highest BCUT2D eigenvalue weighted by Crippen LogP contribution is 2.25. The molecule has 2 aromatic carbocycles. The molecule has 2 amide bonds. The van der Waals surface area contributed by atoms with E-state index in [-0.39, 0.29) is 6.54 Å². The molecule has 31 heavy (non-hydrogen) atoms. The summed E-state index contributed by atoms with van der Waals surface area (Å²) in [6.07, 6.45) is 0. The maximum absolute atomic E-state index is 12.2. The van der Waals surface area contributed by atoms with Crippen molar-refractivity contribution in [3.63, 3.8) is 0 Å². The average Bonchev–Trinajstić information content (AvgIpc) is 3.24. The standard InChI is InChI=1S/C22H21N3O5S/c1-14-7-9-15(10-8-14)17-13-31-22(24-17)25-19(26)12-30-20(27)11-23-21(28)16-5-3-4-6-18(16)29-2/h3-10,13H,11-12H2,1-2H3,(H,23,28)(H,24,25,26). The van der Waals surface area contributed by atoms with Gasteiger partial charge in [0.15, 0.2) is 11.7 Å². The Morgan fingerprint density at radius 1 is 1.06 bits per heavy atom. The van der Waals surface area contributed by atoms with Gasteiger partial charge in [-0.15, -0.1) is 11.3 Å². The molecule has 0 saturated carbocycles. The van der Waals surface area contributed by atoms with Crippen molar-refractivity contribution in [1.82, 2.24) is 10.3 Å². The molecule has 0 aliphatic rings. The first-order valence-electron chi connectivity index (χ1n) is 9.35. The molecule has 0 saturated heterocycles. The van der Waals surface area contributed by atoms with E-state index in [4.69, 9.17) is 9.47 Å². The molecule has 0 fully saturated rings. The summed E-state index contributed by atoms with van der Waals surface area (Å²) in [6.45, 7) is 1.14. The third-order valence-corrected chi connectivity index (χ3v) is 4.96. The maximum atomic E-state index is 12.2. The normalized spacial score (nSPS) is 10.3. The van der Waals surface area contributed by atoms with Crippen LogP contribution in [0.2, 0.25) is 0 Å². The molecule has 0 aliphatic heterocycles. The minimum absolute atomic E-state index is 0.295. The highest BCUT2D eigenvalue weighted by atomic mass is 32.1. The van der Waals surface area contributed by atoms with Crippen molar-refractivity contribution in [3.8, 4) is 17.0 Å². The first-order valence-corrected chi connectivity index (χ1v) is 10.2. The number of nitrogens with zero attached hydrogens (tertiary/aromatic N) is 1. The number of anilines is 1. The molecule has 0 unspecified atom stereocenters. The van der Waals surface area contributed by atoms with Crippen LogP contribution < -0.4 is 15.4 Å². The van der Waals surface area contributed by atoms with Crippen molar-refractivity contribution in [1.29, 1.82) is 0 Å². The topological polar surface area (TPSA) is 107 Å². The monoisotopic (exact) mass is 439 g/mol. The number of amides is 2. The summed E-state index contributed by atoms with van der Waals surface area (Å²) < 4.78 is 10.0. The Kier molecular flexibility index (Phi) is 7.34. The van der Waals surface area contributed by atoms with Gasteiger partial charge in [0.05, 0.1) is 18.4 Å². The van der Waals surface area contributed by atoms with E-state index in [1.807, 2.05) is 36.6 Å². The van der Waals surface area contributed by atoms with E-state index in [1.54, 1.807) is 24.3 Å². The molecule has 2 N–H and O–H groups in total. The van der Waals surface area contributed by atoms with E-state index in [9.17, 15) is 14.4 Å². The number of esters is 1. The predicted octanol–water partition coefficient (Wildman–Crippen LogP) is 3.04. The molecule has 0 atom stereocenters. The van der Waals surface area contributed by atoms with Gasteiger partial charge in [0.2, 0.25) is 0 Å². The van der Waals surface area contributed by atoms with Crippen LogP contribution in [0, 0.1) is 6.92 Å². The number of benzene rings is 2. The van der Waals surface area contributed by atoms with Gasteiger partial charge in [0, 0.05) is 10.9 Å². The predicted molar refractivity (Wildman–Crippen MR) is 117 cm³/mol. The first kappa shape index (κ1) is 22.0. The van der Waals surface area contributed by atoms with E-state index in [0.29, 0.717) is 16.4 Å². The number of hydrogen-bond acceptors (Lipinski definition) is 7. The van der Waals surface area contributed by atoms with Crippen LogP contribution in [0.5, 0.6) is 5.75 Å². The smallest absolute Gasteiger partial charge is 0.325 e. The van der Waals surface area contributed by atoms with E-state index >= 15 is 0 Å². The Hall–Kier alpha value is -3.72. The van der Waals surface area contributed by atoms with Gasteiger partial charge in [0.1, 0.15) is 12.3 Å². The number of aryl methyl sites for hydroxylation is 1. The van der Waals surface area contributed by atoms with Crippen LogP contribution in [0.1, 0.15) is 15.9 Å². The van der Waals surface area contributed by atoms with Gasteiger partial charge in [0.25, 0.3) is 11.8 Å². The molecule has 0 spiro atoms. The van der Waals surface area contributed by atoms with Gasteiger partial charge in [-0.3, -0.25) is 19.7 Å². The van der Waals surface area contributed by atoms with Gasteiger partial charge in [-0.25, -0.2) is 4.98 Å². The Morgan fingerprint density at radius 2 is 1.81 bits per heavy atom. The quantitative estimate of drug-likeness (QED) is 0.523. The van der Waals surface area contributed by atoms with Crippen LogP contribution in [-0.2, 0) is 14.3 Å². The summed E-state index contributed by atoms with van der Waals surface area (Å²) in [7, 11) is 1.45. The fourth-order valence-corrected chi connectivity index (χ4v) is 3.36. The zero-order valence-electron chi connectivity index (χ0n) is 17.0. The van der Waals surface area contributed by atoms with Crippen LogP contribution in [0.25, 0.3) is 11.3 Å². The lowest BCUT2D eigenvalue weighted by molar-refractivity contribution is -0.146. The van der Waals surface area contributed by atoms with Crippen LogP contribution in [0.3, 0.4) is 0 Å². The van der Waals surface area contributed by atoms with Gasteiger partial charge >= 0.3 is 5.97 Å². The van der Waals surface area contributed by atoms with Crippen LogP contribution in [0.15, 0.2) is 53.9 Å². The molecular formula is C22H21N3O5S. The van der Waals surface area contributed by atoms with E-state index < -0.39 is 24.4 Å². The van der Waals surface area contributed by atoms with Crippen LogP contribution in [0.4, 0.5) is 5.13 Å². The highest BCUT2D eigenvalue weighted by molar-refractivity contribution is 7.14. The highest BCUT2D eigenvalue weighted by Gasteiger charge is 2.14. The number of ether oxygens (including phenoxy) is 2. The van der Waals surface area contributed by atoms with Crippen molar-refractivity contribution < 1.29 is 23.9 Å². The number of carbonyl (C=O) groups is 3. The largest absolute Gasteiger partial charge is 0.496 e. The molecule has 9 heteroatoms. The number of thiazole rings is 1. The minimum atomic E-state index is -0.738. The number of hydrogen-bond donors (Lipinski definition) is 2. The van der Waals surface area contributed by atoms with Crippen molar-refractivity contribution in [2.24, 2.45) is 0 Å². The fraction of sp³-hybridized carbons (Fsp3) is 0.182. The average molecular weight is 439 g/mol. The molecule has 3 aromatic rings. The molecular weight excluding hydrogens is 418 g/mol. The van der Waals surface area contributed by atoms with Crippen LogP contribution in [-0.4, -0.2) is 43.0 Å². The second kappa shape index (κ2) is 10.4. The lowest BCUT2D eigenvalue weighted by Gasteiger charge is -2.09. The maximum Gasteiger partial charge on any atom is 0.325 e. The summed E-state index contributed by atoms with van der Waals surface area (Å²) in [5.74, 6) is -1.35. The number of para-hydroxylation sites is 1. The molecule has 1 heterocycles. The Labute approximate surface area is 183 Å². The Morgan fingerprint density at radius 3 is 2.55 bits per heavy atom. The van der Waals surface area contributed by atoms with Gasteiger partial charge in [-0.05, 0) is 19.1 Å². The van der Waals surface area contributed by atoms with Crippen molar-refractivity contribution >= 4 is 34.3 Å². The zero-order valence-corrected chi connectivity index (χ0v) is 17.8. The first-order chi connectivity index (χ1) is 15.0. The zero-order chi connectivity index (χ0) is 22.2. The summed E-state index contributed by atoms with van der Waals surface area (Å²) >= 11 is 1.27. The number of carbonyl (C=O) groups excluding carboxylic acids is 3. The summed E-state index contributed by atoms with van der Waals surface area (Å²) in [6, 6.07) is 14.5. The van der Waals surface area contributed by atoms with Gasteiger partial charge in [-0.1, -0.05) is 42.0 Å². The summed E-state index contributed by atoms with van der Waals surface area (Å²) in [5, 5.41) is 7.27. The van der Waals surface area contributed by atoms with Crippen LogP contribution >= 0.6 is 11.3 Å². The number of aromatic nitrogens is 1. The third-order valence-electron chi connectivity index (χ3n) is 4.21. The van der Waals surface area contributed by atoms with E-state index in [1.165, 1.54) is 18.4 Å². The summed E-state index contributed by atoms with van der Waals surface area (Å²) in [5.41, 5.74) is 3.13. The number of nitrogens with one attached hydrogen (secondary N) is 2. The van der Waals surface area contributed by atoms with Crippen molar-refractivity contribution in [2.75, 3.05) is 25.6 Å². The molecule has 0 bridgehead atoms. The lowest BCUT2D eigenvalue weighted by Crippen LogP contribution is -2.32. The Balaban J connectivity index is 1.44. The number of rotatable bonds is 8. The van der Waals surface area contributed by atoms with E-state index in [0.717, 1.165) is 16.8 Å². The van der Waals surface area contributed by atoms with Gasteiger partial charge < -0.3 is 14.8 Å². The number of methoxy groups -OCH3 is 1. The molecule has 3 rings (SSSR count). The molecule has 8 nitrogen and oxygen atoms in total. The third kappa shape index (κ3) is 6.13. The fourth-order valence-electron chi connectivity index (χ4n) is 2.62. The second-order valence-corrected chi connectivity index (χ2v) is 7.35. The minimum Gasteiger partial charge on any atom is -0.496 e. The second-order valence-electron chi connectivity index (χ2n) is 6.50. The van der Waals surface area contributed by atoms with Crippen molar-refractivity contribution in [3.05, 3.63) is 65.0 Å². The molecule has 0 radical (unpaired) electrons. The Bertz CT molecular complexity index is 1080. The molecule has 160 valence electrons. The molecule has 0 aliphatic carbocycles. The van der Waals surface area contributed by atoms with Crippen molar-refractivity contribution in [2.45, 2.75) is 6.92 Å².